The van der Waals surface area contributed by atoms with Gasteiger partial charge in [-0.3, -0.25) is 9.59 Å². The molecule has 0 saturated heterocycles. The number of hydrogen-bond acceptors (Lipinski definition) is 5. The first kappa shape index (κ1) is 19.5. The molecule has 0 aliphatic heterocycles. The zero-order chi connectivity index (χ0) is 18.4. The summed E-state index contributed by atoms with van der Waals surface area (Å²) in [5, 5.41) is 0. The predicted octanol–water partition coefficient (Wildman–Crippen LogP) is 3.53. The molecule has 5 nitrogen and oxygen atoms in total. The molecule has 25 heavy (non-hydrogen) atoms. The molecule has 1 fully saturated rings. The smallest absolute Gasteiger partial charge is 0.338 e. The molecular weight excluding hydrogens is 336 g/mol. The van der Waals surface area contributed by atoms with E-state index in [1.165, 1.54) is 0 Å². The number of carbonyl (C=O) groups excluding carboxylic acids is 3. The lowest BCUT2D eigenvalue weighted by Gasteiger charge is -2.35. The first-order chi connectivity index (χ1) is 11.9. The van der Waals surface area contributed by atoms with Crippen molar-refractivity contribution >= 4 is 25.9 Å². The second-order valence-electron chi connectivity index (χ2n) is 6.46. The van der Waals surface area contributed by atoms with Gasteiger partial charge in [-0.2, -0.15) is 0 Å². The number of hydrogen-bond donors (Lipinski definition) is 0. The van der Waals surface area contributed by atoms with Crippen molar-refractivity contribution in [3.05, 3.63) is 35.9 Å². The highest BCUT2D eigenvalue weighted by Gasteiger charge is 2.42. The molecule has 0 amide bonds. The number of carbonyl (C=O) groups is 3. The summed E-state index contributed by atoms with van der Waals surface area (Å²) in [6.45, 7) is 6.26. The van der Waals surface area contributed by atoms with Crippen LogP contribution in [0.2, 0.25) is 18.1 Å². The molecule has 1 aliphatic carbocycles. The molecule has 1 aromatic rings. The lowest BCUT2D eigenvalue weighted by molar-refractivity contribution is -0.143. The predicted molar refractivity (Wildman–Crippen MR) is 97.0 cm³/mol. The molecule has 0 bridgehead atoms. The fourth-order valence-electron chi connectivity index (χ4n) is 3.16. The van der Waals surface area contributed by atoms with Gasteiger partial charge in [0.15, 0.2) is 26.0 Å². The molecule has 136 valence electrons. The lowest BCUT2D eigenvalue weighted by atomic mass is 9.92. The van der Waals surface area contributed by atoms with E-state index in [1.54, 1.807) is 30.3 Å². The number of ether oxygens (including phenoxy) is 1. The van der Waals surface area contributed by atoms with Crippen molar-refractivity contribution in [1.29, 1.82) is 0 Å². The SMILES string of the molecule is CC[Si](CC)(CC)OC1CC(OC(=O)c2ccccc2)C(=O)CC1=O. The maximum atomic E-state index is 12.3. The fourth-order valence-corrected chi connectivity index (χ4v) is 5.99. The van der Waals surface area contributed by atoms with E-state index < -0.39 is 26.5 Å². The Morgan fingerprint density at radius 2 is 1.56 bits per heavy atom. The van der Waals surface area contributed by atoms with Crippen molar-refractivity contribution in [2.75, 3.05) is 0 Å². The Balaban J connectivity index is 2.08. The van der Waals surface area contributed by atoms with Gasteiger partial charge in [-0.15, -0.1) is 0 Å². The van der Waals surface area contributed by atoms with E-state index in [0.717, 1.165) is 18.1 Å². The van der Waals surface area contributed by atoms with Crippen LogP contribution in [0.25, 0.3) is 0 Å². The molecule has 1 aliphatic rings. The van der Waals surface area contributed by atoms with Crippen molar-refractivity contribution in [3.8, 4) is 0 Å². The standard InChI is InChI=1S/C19H26O5Si/c1-4-25(5-2,6-3)24-18-13-17(15(20)12-16(18)21)23-19(22)14-10-8-7-9-11-14/h7-11,17-18H,4-6,12-13H2,1-3H3. The van der Waals surface area contributed by atoms with Crippen molar-refractivity contribution in [1.82, 2.24) is 0 Å². The van der Waals surface area contributed by atoms with Crippen LogP contribution >= 0.6 is 0 Å². The molecule has 0 N–H and O–H groups in total. The van der Waals surface area contributed by atoms with Gasteiger partial charge in [0.2, 0.25) is 0 Å². The Kier molecular flexibility index (Phi) is 6.67. The number of Topliss-reactive ketones (excluding diaryl/α,β-unsaturated/α-hetero) is 2. The number of benzene rings is 1. The Bertz CT molecular complexity index is 616. The first-order valence-corrected chi connectivity index (χ1v) is 11.5. The van der Waals surface area contributed by atoms with Crippen molar-refractivity contribution in [2.24, 2.45) is 0 Å². The third-order valence-electron chi connectivity index (χ3n) is 5.08. The van der Waals surface area contributed by atoms with E-state index in [0.29, 0.717) is 5.56 Å². The van der Waals surface area contributed by atoms with E-state index >= 15 is 0 Å². The molecule has 0 heterocycles. The van der Waals surface area contributed by atoms with E-state index in [2.05, 4.69) is 20.8 Å². The summed E-state index contributed by atoms with van der Waals surface area (Å²) < 4.78 is 11.6. The Hall–Kier alpha value is -1.79. The van der Waals surface area contributed by atoms with Gasteiger partial charge in [-0.05, 0) is 30.3 Å². The summed E-state index contributed by atoms with van der Waals surface area (Å²) in [5.41, 5.74) is 0.393. The van der Waals surface area contributed by atoms with Gasteiger partial charge in [0.05, 0.1) is 12.0 Å². The summed E-state index contributed by atoms with van der Waals surface area (Å²) in [6.07, 6.45) is -1.64. The summed E-state index contributed by atoms with van der Waals surface area (Å²) in [6, 6.07) is 11.3. The summed E-state index contributed by atoms with van der Waals surface area (Å²) in [5.74, 6) is -1.08. The highest BCUT2D eigenvalue weighted by Crippen LogP contribution is 2.28. The second kappa shape index (κ2) is 8.54. The maximum absolute atomic E-state index is 12.3. The van der Waals surface area contributed by atoms with Gasteiger partial charge in [-0.1, -0.05) is 39.0 Å². The minimum Gasteiger partial charge on any atom is -0.451 e. The van der Waals surface area contributed by atoms with E-state index in [1.807, 2.05) is 0 Å². The van der Waals surface area contributed by atoms with Gasteiger partial charge >= 0.3 is 5.97 Å². The van der Waals surface area contributed by atoms with Crippen LogP contribution in [0.1, 0.15) is 44.0 Å². The van der Waals surface area contributed by atoms with E-state index in [4.69, 9.17) is 9.16 Å². The normalized spacial score (nSPS) is 21.2. The third kappa shape index (κ3) is 4.64. The number of rotatable bonds is 7. The van der Waals surface area contributed by atoms with Gasteiger partial charge in [0.25, 0.3) is 0 Å². The highest BCUT2D eigenvalue weighted by molar-refractivity contribution is 6.73. The molecule has 1 saturated carbocycles. The third-order valence-corrected chi connectivity index (χ3v) is 9.73. The quantitative estimate of drug-likeness (QED) is 0.421. The molecule has 0 aromatic heterocycles. The van der Waals surface area contributed by atoms with Crippen LogP contribution in [0.5, 0.6) is 0 Å². The van der Waals surface area contributed by atoms with Crippen LogP contribution in [-0.2, 0) is 18.8 Å². The van der Waals surface area contributed by atoms with Crippen LogP contribution in [0.15, 0.2) is 30.3 Å². The highest BCUT2D eigenvalue weighted by atomic mass is 28.4. The minimum absolute atomic E-state index is 0.130. The summed E-state index contributed by atoms with van der Waals surface area (Å²) in [4.78, 5) is 36.6. The van der Waals surface area contributed by atoms with Crippen LogP contribution < -0.4 is 0 Å². The average Bonchev–Trinajstić information content (AvgIpc) is 2.64. The maximum Gasteiger partial charge on any atom is 0.338 e. The Morgan fingerprint density at radius 3 is 2.12 bits per heavy atom. The van der Waals surface area contributed by atoms with E-state index in [9.17, 15) is 14.4 Å². The topological polar surface area (TPSA) is 69.7 Å². The van der Waals surface area contributed by atoms with Crippen LogP contribution in [0, 0.1) is 0 Å². The van der Waals surface area contributed by atoms with Gasteiger partial charge in [-0.25, -0.2) is 4.79 Å². The lowest BCUT2D eigenvalue weighted by Crippen LogP contribution is -2.49. The van der Waals surface area contributed by atoms with Crippen molar-refractivity contribution < 1.29 is 23.5 Å². The largest absolute Gasteiger partial charge is 0.451 e. The Labute approximate surface area is 149 Å². The van der Waals surface area contributed by atoms with Gasteiger partial charge < -0.3 is 9.16 Å². The van der Waals surface area contributed by atoms with Gasteiger partial charge in [0.1, 0.15) is 6.10 Å². The second-order valence-corrected chi connectivity index (χ2v) is 11.2. The zero-order valence-corrected chi connectivity index (χ0v) is 16.1. The molecule has 2 unspecified atom stereocenters. The van der Waals surface area contributed by atoms with Crippen molar-refractivity contribution in [3.63, 3.8) is 0 Å². The zero-order valence-electron chi connectivity index (χ0n) is 15.1. The summed E-state index contributed by atoms with van der Waals surface area (Å²) >= 11 is 0. The molecule has 2 atom stereocenters. The monoisotopic (exact) mass is 362 g/mol. The summed E-state index contributed by atoms with van der Waals surface area (Å²) in [7, 11) is -1.97. The van der Waals surface area contributed by atoms with Crippen molar-refractivity contribution in [2.45, 2.75) is 64.0 Å². The minimum atomic E-state index is -1.97. The van der Waals surface area contributed by atoms with Crippen LogP contribution in [0.4, 0.5) is 0 Å². The molecular formula is C19H26O5Si. The Morgan fingerprint density at radius 1 is 1.00 bits per heavy atom. The fraction of sp³-hybridized carbons (Fsp3) is 0.526. The molecule has 2 rings (SSSR count). The average molecular weight is 362 g/mol. The van der Waals surface area contributed by atoms with Crippen LogP contribution in [-0.4, -0.2) is 38.1 Å². The molecule has 0 radical (unpaired) electrons. The first-order valence-electron chi connectivity index (χ1n) is 8.94. The van der Waals surface area contributed by atoms with E-state index in [-0.39, 0.29) is 24.4 Å². The van der Waals surface area contributed by atoms with Gasteiger partial charge in [0, 0.05) is 6.42 Å². The molecule has 0 spiro atoms. The molecule has 6 heteroatoms. The number of ketones is 2. The molecule has 1 aromatic carbocycles. The number of esters is 1. The van der Waals surface area contributed by atoms with Crippen LogP contribution in [0.3, 0.4) is 0 Å².